The van der Waals surface area contributed by atoms with E-state index in [1.165, 1.54) is 0 Å². The second-order valence-corrected chi connectivity index (χ2v) is 2.25. The Balaban J connectivity index is 4.12. The number of aliphatic hydroxyl groups is 1. The van der Waals surface area contributed by atoms with Crippen molar-refractivity contribution in [3.63, 3.8) is 0 Å². The maximum Gasteiger partial charge on any atom is 0.0776 e. The van der Waals surface area contributed by atoms with E-state index in [1.807, 2.05) is 6.92 Å². The zero-order chi connectivity index (χ0) is 8.69. The molecule has 0 aromatic rings. The molecule has 0 rings (SSSR count). The van der Waals surface area contributed by atoms with Gasteiger partial charge in [0.2, 0.25) is 0 Å². The number of aliphatic imine (C=N–C) groups is 1. The molecule has 2 nitrogen and oxygen atoms in total. The first kappa shape index (κ1) is 10.1. The molecule has 1 N–H and O–H groups in total. The minimum absolute atomic E-state index is 0.485. The highest BCUT2D eigenvalue weighted by atomic mass is 16.3. The average molecular weight is 153 g/mol. The molecular weight excluding hydrogens is 138 g/mol. The number of hydrogen-bond donors (Lipinski definition) is 1. The molecule has 62 valence electrons. The fourth-order valence-electron chi connectivity index (χ4n) is 0.575. The predicted molar refractivity (Wildman–Crippen MR) is 48.7 cm³/mol. The Morgan fingerprint density at radius 3 is 2.73 bits per heavy atom. The van der Waals surface area contributed by atoms with Crippen LogP contribution in [0, 0.1) is 0 Å². The molecule has 0 spiro atoms. The van der Waals surface area contributed by atoms with Gasteiger partial charge in [-0.05, 0) is 18.9 Å². The molecule has 1 atom stereocenters. The Morgan fingerprint density at radius 2 is 2.36 bits per heavy atom. The summed E-state index contributed by atoms with van der Waals surface area (Å²) < 4.78 is 0. The molecule has 0 saturated heterocycles. The van der Waals surface area contributed by atoms with E-state index in [9.17, 15) is 0 Å². The average Bonchev–Trinajstić information content (AvgIpc) is 1.97. The summed E-state index contributed by atoms with van der Waals surface area (Å²) in [5.74, 6) is 0. The van der Waals surface area contributed by atoms with Gasteiger partial charge in [0.15, 0.2) is 0 Å². The van der Waals surface area contributed by atoms with Crippen molar-refractivity contribution in [1.29, 1.82) is 0 Å². The highest BCUT2D eigenvalue weighted by molar-refractivity contribution is 5.57. The molecule has 0 aliphatic heterocycles. The molecule has 0 saturated carbocycles. The van der Waals surface area contributed by atoms with Gasteiger partial charge in [-0.2, -0.15) is 0 Å². The van der Waals surface area contributed by atoms with Crippen LogP contribution >= 0.6 is 0 Å². The molecule has 2 heteroatoms. The third kappa shape index (κ3) is 4.51. The summed E-state index contributed by atoms with van der Waals surface area (Å²) in [5.41, 5.74) is 0.745. The van der Waals surface area contributed by atoms with Gasteiger partial charge in [0.25, 0.3) is 0 Å². The highest BCUT2D eigenvalue weighted by Crippen LogP contribution is 2.01. The first-order valence-electron chi connectivity index (χ1n) is 3.74. The molecule has 0 fully saturated rings. The SMILES string of the molecule is C=C/C(=C\N=CCC)C(C)O. The van der Waals surface area contributed by atoms with E-state index >= 15 is 0 Å². The first-order valence-corrected chi connectivity index (χ1v) is 3.74. The Morgan fingerprint density at radius 1 is 1.73 bits per heavy atom. The summed E-state index contributed by atoms with van der Waals surface area (Å²) in [7, 11) is 0. The van der Waals surface area contributed by atoms with Gasteiger partial charge in [0, 0.05) is 12.4 Å². The second-order valence-electron chi connectivity index (χ2n) is 2.25. The quantitative estimate of drug-likeness (QED) is 0.485. The summed E-state index contributed by atoms with van der Waals surface area (Å²) in [6.07, 6.45) is 5.44. The van der Waals surface area contributed by atoms with Gasteiger partial charge in [-0.25, -0.2) is 0 Å². The van der Waals surface area contributed by atoms with Gasteiger partial charge in [0.05, 0.1) is 6.10 Å². The van der Waals surface area contributed by atoms with E-state index in [-0.39, 0.29) is 0 Å². The Hall–Kier alpha value is -0.890. The number of aliphatic hydroxyl groups excluding tert-OH is 1. The number of rotatable bonds is 4. The van der Waals surface area contributed by atoms with Crippen LogP contribution in [0.3, 0.4) is 0 Å². The van der Waals surface area contributed by atoms with Crippen molar-refractivity contribution in [2.24, 2.45) is 4.99 Å². The molecule has 0 aromatic heterocycles. The maximum atomic E-state index is 9.10. The van der Waals surface area contributed by atoms with Gasteiger partial charge in [-0.1, -0.05) is 19.6 Å². The number of hydrogen-bond acceptors (Lipinski definition) is 2. The van der Waals surface area contributed by atoms with E-state index in [0.717, 1.165) is 12.0 Å². The lowest BCUT2D eigenvalue weighted by Gasteiger charge is -2.01. The van der Waals surface area contributed by atoms with E-state index in [2.05, 4.69) is 11.6 Å². The van der Waals surface area contributed by atoms with Crippen molar-refractivity contribution in [3.05, 3.63) is 24.4 Å². The van der Waals surface area contributed by atoms with Gasteiger partial charge in [-0.15, -0.1) is 0 Å². The lowest BCUT2D eigenvalue weighted by atomic mass is 10.2. The van der Waals surface area contributed by atoms with Gasteiger partial charge >= 0.3 is 0 Å². The van der Waals surface area contributed by atoms with Crippen LogP contribution in [0.4, 0.5) is 0 Å². The molecule has 0 aliphatic carbocycles. The monoisotopic (exact) mass is 153 g/mol. The minimum Gasteiger partial charge on any atom is -0.389 e. The highest BCUT2D eigenvalue weighted by Gasteiger charge is 1.97. The van der Waals surface area contributed by atoms with Gasteiger partial charge in [0.1, 0.15) is 0 Å². The van der Waals surface area contributed by atoms with Gasteiger partial charge in [-0.3, -0.25) is 4.99 Å². The third-order valence-electron chi connectivity index (χ3n) is 1.23. The van der Waals surface area contributed by atoms with Crippen LogP contribution in [0.1, 0.15) is 20.3 Å². The van der Waals surface area contributed by atoms with Crippen LogP contribution in [0.15, 0.2) is 29.4 Å². The minimum atomic E-state index is -0.485. The number of nitrogens with zero attached hydrogens (tertiary/aromatic N) is 1. The summed E-state index contributed by atoms with van der Waals surface area (Å²) in [6, 6.07) is 0. The normalized spacial score (nSPS) is 15.4. The van der Waals surface area contributed by atoms with Crippen LogP contribution in [-0.4, -0.2) is 17.4 Å². The smallest absolute Gasteiger partial charge is 0.0776 e. The van der Waals surface area contributed by atoms with E-state index in [4.69, 9.17) is 5.11 Å². The standard InChI is InChI=1S/C9H15NO/c1-4-6-10-7-9(5-2)8(3)11/h5-8,11H,2,4H2,1,3H3/b9-7+,10-6?. The van der Waals surface area contributed by atoms with Crippen LogP contribution < -0.4 is 0 Å². The van der Waals surface area contributed by atoms with Gasteiger partial charge < -0.3 is 5.11 Å². The molecule has 0 amide bonds. The zero-order valence-corrected chi connectivity index (χ0v) is 7.12. The van der Waals surface area contributed by atoms with Crippen molar-refractivity contribution in [2.75, 3.05) is 0 Å². The fraction of sp³-hybridized carbons (Fsp3) is 0.444. The molecule has 1 unspecified atom stereocenters. The Bertz CT molecular complexity index is 168. The summed E-state index contributed by atoms with van der Waals surface area (Å²) in [5, 5.41) is 9.10. The Kier molecular flexibility index (Phi) is 5.39. The Labute approximate surface area is 68.0 Å². The topological polar surface area (TPSA) is 32.6 Å². The lowest BCUT2D eigenvalue weighted by Crippen LogP contribution is -2.00. The van der Waals surface area contributed by atoms with E-state index < -0.39 is 6.10 Å². The predicted octanol–water partition coefficient (Wildman–Crippen LogP) is 1.92. The van der Waals surface area contributed by atoms with Crippen LogP contribution in [0.25, 0.3) is 0 Å². The first-order chi connectivity index (χ1) is 5.22. The third-order valence-corrected chi connectivity index (χ3v) is 1.23. The van der Waals surface area contributed by atoms with Crippen molar-refractivity contribution in [3.8, 4) is 0 Å². The largest absolute Gasteiger partial charge is 0.389 e. The fourth-order valence-corrected chi connectivity index (χ4v) is 0.575. The summed E-state index contributed by atoms with van der Waals surface area (Å²) in [4.78, 5) is 3.96. The van der Waals surface area contributed by atoms with Crippen LogP contribution in [0.2, 0.25) is 0 Å². The molecule has 0 aromatic carbocycles. The van der Waals surface area contributed by atoms with Crippen molar-refractivity contribution in [2.45, 2.75) is 26.4 Å². The van der Waals surface area contributed by atoms with Crippen molar-refractivity contribution >= 4 is 6.21 Å². The maximum absolute atomic E-state index is 9.10. The van der Waals surface area contributed by atoms with Crippen molar-refractivity contribution < 1.29 is 5.11 Å². The molecule has 0 bridgehead atoms. The zero-order valence-electron chi connectivity index (χ0n) is 7.12. The van der Waals surface area contributed by atoms with Crippen LogP contribution in [0.5, 0.6) is 0 Å². The molecule has 0 aliphatic rings. The lowest BCUT2D eigenvalue weighted by molar-refractivity contribution is 0.235. The van der Waals surface area contributed by atoms with Crippen molar-refractivity contribution in [1.82, 2.24) is 0 Å². The summed E-state index contributed by atoms with van der Waals surface area (Å²) >= 11 is 0. The molecular formula is C9H15NO. The van der Waals surface area contributed by atoms with Crippen LogP contribution in [-0.2, 0) is 0 Å². The summed E-state index contributed by atoms with van der Waals surface area (Å²) in [6.45, 7) is 7.26. The van der Waals surface area contributed by atoms with E-state index in [0.29, 0.717) is 0 Å². The second kappa shape index (κ2) is 5.86. The van der Waals surface area contributed by atoms with E-state index in [1.54, 1.807) is 25.4 Å². The molecule has 0 radical (unpaired) electrons. The molecule has 11 heavy (non-hydrogen) atoms. The molecule has 0 heterocycles.